The maximum atomic E-state index is 15.5. The van der Waals surface area contributed by atoms with E-state index in [4.69, 9.17) is 0 Å². The minimum atomic E-state index is -5.32. The molecule has 2 aromatic heterocycles. The zero-order chi connectivity index (χ0) is 55.6. The maximum absolute atomic E-state index is 15.5. The fourth-order valence-electron chi connectivity index (χ4n) is 11.2. The highest BCUT2D eigenvalue weighted by molar-refractivity contribution is 6.14. The van der Waals surface area contributed by atoms with Crippen LogP contribution >= 0.6 is 0 Å². The van der Waals surface area contributed by atoms with Crippen molar-refractivity contribution in [3.63, 3.8) is 0 Å². The predicted molar refractivity (Wildman–Crippen MR) is 296 cm³/mol. The van der Waals surface area contributed by atoms with E-state index in [-0.39, 0.29) is 16.9 Å². The molecule has 0 amide bonds. The molecule has 12 rings (SSSR count). The largest absolute Gasteiger partial charge is 0.417 e. The van der Waals surface area contributed by atoms with Crippen molar-refractivity contribution >= 4 is 43.6 Å². The summed E-state index contributed by atoms with van der Waals surface area (Å²) in [5.41, 5.74) is 2.53. The average molecular weight is 1050 g/mol. The van der Waals surface area contributed by atoms with Crippen molar-refractivity contribution in [3.05, 3.63) is 239 Å². The molecule has 0 saturated heterocycles. The first-order chi connectivity index (χ1) is 38.8. The molecule has 0 aliphatic heterocycles. The highest BCUT2D eigenvalue weighted by Gasteiger charge is 2.42. The number of halogens is 6. The smallest absolute Gasteiger partial charge is 0.308 e. The third kappa shape index (κ3) is 8.04. The van der Waals surface area contributed by atoms with E-state index in [2.05, 4.69) is 30.3 Å². The van der Waals surface area contributed by atoms with Crippen LogP contribution in [-0.2, 0) is 12.4 Å². The van der Waals surface area contributed by atoms with Gasteiger partial charge in [0, 0.05) is 32.7 Å². The topological polar surface area (TPSA) is 129 Å². The number of hydrogen-bond donors (Lipinski definition) is 0. The highest BCUT2D eigenvalue weighted by Crippen LogP contribution is 2.50. The lowest BCUT2D eigenvalue weighted by atomic mass is 9.90. The van der Waals surface area contributed by atoms with Crippen LogP contribution in [0.3, 0.4) is 0 Å². The van der Waals surface area contributed by atoms with Crippen LogP contribution in [0.25, 0.3) is 111 Å². The van der Waals surface area contributed by atoms with E-state index < -0.39 is 34.6 Å². The fourth-order valence-corrected chi connectivity index (χ4v) is 11.2. The van der Waals surface area contributed by atoms with Crippen LogP contribution in [-0.4, -0.2) is 9.13 Å². The summed E-state index contributed by atoms with van der Waals surface area (Å²) in [5.74, 6) is 0. The summed E-state index contributed by atoms with van der Waals surface area (Å²) in [6, 6.07) is 64.9. The van der Waals surface area contributed by atoms with Gasteiger partial charge in [0.2, 0.25) is 0 Å². The molecule has 0 aliphatic carbocycles. The molecule has 2 heterocycles. The molecule has 0 atom stereocenters. The zero-order valence-electron chi connectivity index (χ0n) is 41.5. The number of nitriles is 5. The van der Waals surface area contributed by atoms with Gasteiger partial charge in [-0.25, -0.2) is 0 Å². The normalized spacial score (nSPS) is 11.6. The first-order valence-electron chi connectivity index (χ1n) is 24.8. The van der Waals surface area contributed by atoms with Gasteiger partial charge in [0.05, 0.1) is 91.1 Å². The van der Waals surface area contributed by atoms with Gasteiger partial charge in [-0.1, -0.05) is 109 Å². The number of hydrogen-bond acceptors (Lipinski definition) is 5. The second kappa shape index (κ2) is 19.1. The van der Waals surface area contributed by atoms with Crippen LogP contribution in [0.4, 0.5) is 26.3 Å². The molecule has 0 N–H and O–H groups in total. The second-order valence-electron chi connectivity index (χ2n) is 18.9. The zero-order valence-corrected chi connectivity index (χ0v) is 41.5. The lowest BCUT2D eigenvalue weighted by Crippen LogP contribution is -2.16. The Bertz CT molecular complexity index is 4570. The minimum Gasteiger partial charge on any atom is -0.308 e. The molecule has 0 saturated carbocycles. The Labute approximate surface area is 452 Å². The number of alkyl halides is 6. The van der Waals surface area contributed by atoms with Crippen molar-refractivity contribution in [2.24, 2.45) is 0 Å². The van der Waals surface area contributed by atoms with Gasteiger partial charge in [0.25, 0.3) is 0 Å². The van der Waals surface area contributed by atoms with Crippen LogP contribution in [0, 0.1) is 56.7 Å². The van der Waals surface area contributed by atoms with Crippen molar-refractivity contribution in [3.8, 4) is 97.4 Å². The lowest BCUT2D eigenvalue weighted by molar-refractivity contribution is -0.142. The Hall–Kier alpha value is -11.2. The van der Waals surface area contributed by atoms with Crippen molar-refractivity contribution in [2.75, 3.05) is 0 Å². The summed E-state index contributed by atoms with van der Waals surface area (Å²) in [6.45, 7) is 0. The van der Waals surface area contributed by atoms with Gasteiger partial charge in [-0.2, -0.15) is 52.7 Å². The average Bonchev–Trinajstić information content (AvgIpc) is 3.99. The molecule has 0 bridgehead atoms. The molecule has 0 aliphatic rings. The van der Waals surface area contributed by atoms with E-state index in [9.17, 15) is 26.3 Å². The van der Waals surface area contributed by atoms with Gasteiger partial charge in [-0.3, -0.25) is 0 Å². The van der Waals surface area contributed by atoms with Gasteiger partial charge in [-0.05, 0) is 136 Å². The molecule has 12 aromatic rings. The summed E-state index contributed by atoms with van der Waals surface area (Å²) in [4.78, 5) is 0. The minimum absolute atomic E-state index is 0.105. The van der Waals surface area contributed by atoms with E-state index in [1.165, 1.54) is 16.7 Å². The van der Waals surface area contributed by atoms with Crippen LogP contribution in [0.5, 0.6) is 0 Å². The Morgan fingerprint density at radius 1 is 0.312 bits per heavy atom. The maximum Gasteiger partial charge on any atom is 0.417 e. The molecule has 13 heteroatoms. The molecule has 378 valence electrons. The molecular weight excluding hydrogens is 1020 g/mol. The van der Waals surface area contributed by atoms with Gasteiger partial charge in [0.1, 0.15) is 11.6 Å². The number of benzene rings is 10. The lowest BCUT2D eigenvalue weighted by Gasteiger charge is -2.24. The fraction of sp³-hybridized carbons (Fsp3) is 0.0299. The molecular formula is C67H33F6N7. The van der Waals surface area contributed by atoms with Crippen molar-refractivity contribution in [1.82, 2.24) is 9.13 Å². The van der Waals surface area contributed by atoms with Crippen LogP contribution in [0.1, 0.15) is 38.9 Å². The second-order valence-corrected chi connectivity index (χ2v) is 18.9. The summed E-state index contributed by atoms with van der Waals surface area (Å²) < 4.78 is 96.5. The quantitative estimate of drug-likeness (QED) is 0.147. The summed E-state index contributed by atoms with van der Waals surface area (Å²) in [6.07, 6.45) is -10.6. The van der Waals surface area contributed by atoms with Crippen molar-refractivity contribution in [2.45, 2.75) is 12.4 Å². The van der Waals surface area contributed by atoms with E-state index in [1.54, 1.807) is 150 Å². The Morgan fingerprint density at radius 2 is 0.637 bits per heavy atom. The molecule has 0 fully saturated rings. The summed E-state index contributed by atoms with van der Waals surface area (Å²) in [5, 5.41) is 54.8. The molecule has 0 radical (unpaired) electrons. The van der Waals surface area contributed by atoms with Crippen LogP contribution in [0.15, 0.2) is 200 Å². The number of fused-ring (bicyclic) bond motifs is 6. The van der Waals surface area contributed by atoms with Crippen molar-refractivity contribution < 1.29 is 26.3 Å². The van der Waals surface area contributed by atoms with Crippen molar-refractivity contribution in [1.29, 1.82) is 26.3 Å². The highest BCUT2D eigenvalue weighted by atomic mass is 19.4. The molecule has 10 aromatic carbocycles. The number of aromatic nitrogens is 2. The van der Waals surface area contributed by atoms with Gasteiger partial charge in [-0.15, -0.1) is 0 Å². The number of nitrogens with zero attached hydrogens (tertiary/aromatic N) is 7. The van der Waals surface area contributed by atoms with E-state index in [0.717, 1.165) is 0 Å². The third-order valence-electron chi connectivity index (χ3n) is 14.6. The van der Waals surface area contributed by atoms with Crippen LogP contribution in [0.2, 0.25) is 0 Å². The Kier molecular flexibility index (Phi) is 11.9. The predicted octanol–water partition coefficient (Wildman–Crippen LogP) is 17.6. The van der Waals surface area contributed by atoms with E-state index in [0.29, 0.717) is 129 Å². The SMILES string of the molecule is N#Cc1ccccc1-c1ccc2c(c1)c1cc(-c3ccccc3C#N)ccc1n2-c1ccc(-c2c(C(F)(F)F)cccc2C(F)(F)F)c(-n2c3ccc(-c4ccccc4C#N)cc3c3cc(-c4ccccc4C#N)ccc32)c1C#N. The van der Waals surface area contributed by atoms with Gasteiger partial charge >= 0.3 is 12.4 Å². The third-order valence-corrected chi connectivity index (χ3v) is 14.6. The molecule has 7 nitrogen and oxygen atoms in total. The van der Waals surface area contributed by atoms with E-state index in [1.807, 2.05) is 24.3 Å². The van der Waals surface area contributed by atoms with Crippen LogP contribution < -0.4 is 0 Å². The molecule has 0 spiro atoms. The first kappa shape index (κ1) is 49.7. The Morgan fingerprint density at radius 3 is 0.950 bits per heavy atom. The monoisotopic (exact) mass is 1050 g/mol. The standard InChI is InChI=1S/C67H33F6N7/c68-66(69,70)57-18-9-19-58(67(71,72)73)64(57)51-24-29-63(79-59-25-20-39(47-14-5-1-10-43(47)34-74)30-52(59)53-31-40(21-26-60(53)79)48-15-6-2-11-44(48)35-75)56(38-78)65(51)80-61-27-22-41(49-16-7-3-12-45(49)36-76)32-54(61)55-33-42(23-28-62(55)80)50-17-8-4-13-46(50)37-77/h1-33H. The van der Waals surface area contributed by atoms with Gasteiger partial charge < -0.3 is 9.13 Å². The Balaban J connectivity index is 1.25. The first-order valence-corrected chi connectivity index (χ1v) is 24.8. The van der Waals surface area contributed by atoms with Gasteiger partial charge in [0.15, 0.2) is 0 Å². The van der Waals surface area contributed by atoms with E-state index >= 15 is 26.3 Å². The summed E-state index contributed by atoms with van der Waals surface area (Å²) in [7, 11) is 0. The summed E-state index contributed by atoms with van der Waals surface area (Å²) >= 11 is 0. The molecule has 80 heavy (non-hydrogen) atoms. The molecule has 0 unspecified atom stereocenters. The number of rotatable bonds is 7.